The predicted octanol–water partition coefficient (Wildman–Crippen LogP) is 3.09. The Morgan fingerprint density at radius 2 is 2.04 bits per heavy atom. The van der Waals surface area contributed by atoms with Crippen LogP contribution in [0.3, 0.4) is 0 Å². The quantitative estimate of drug-likeness (QED) is 0.769. The van der Waals surface area contributed by atoms with E-state index in [9.17, 15) is 4.79 Å². The van der Waals surface area contributed by atoms with Gasteiger partial charge >= 0.3 is 0 Å². The molecule has 1 aliphatic heterocycles. The number of ether oxygens (including phenoxy) is 4. The van der Waals surface area contributed by atoms with Gasteiger partial charge in [-0.1, -0.05) is 0 Å². The number of anilines is 1. The monoisotopic (exact) mass is 354 g/mol. The first-order valence-corrected chi connectivity index (χ1v) is 8.10. The lowest BCUT2D eigenvalue weighted by atomic mass is 10.2. The van der Waals surface area contributed by atoms with E-state index in [1.807, 2.05) is 6.07 Å². The Labute approximate surface area is 151 Å². The molecule has 1 aliphatic rings. The molecule has 1 amide bonds. The van der Waals surface area contributed by atoms with Crippen molar-refractivity contribution in [3.8, 4) is 29.1 Å². The third-order valence-corrected chi connectivity index (χ3v) is 3.75. The molecule has 26 heavy (non-hydrogen) atoms. The van der Waals surface area contributed by atoms with Gasteiger partial charge in [0.05, 0.1) is 25.3 Å². The van der Waals surface area contributed by atoms with Crippen LogP contribution in [0.25, 0.3) is 0 Å². The van der Waals surface area contributed by atoms with Crippen LogP contribution in [0.5, 0.6) is 23.0 Å². The molecule has 0 aromatic heterocycles. The Balaban J connectivity index is 1.45. The molecular formula is C19H18N2O5. The number of nitriles is 1. The summed E-state index contributed by atoms with van der Waals surface area (Å²) in [6.07, 6.45) is 0.854. The van der Waals surface area contributed by atoms with Crippen molar-refractivity contribution in [3.63, 3.8) is 0 Å². The van der Waals surface area contributed by atoms with E-state index in [2.05, 4.69) is 5.32 Å². The maximum absolute atomic E-state index is 12.0. The number of fused-ring (bicyclic) bond motifs is 1. The largest absolute Gasteiger partial charge is 0.493 e. The summed E-state index contributed by atoms with van der Waals surface area (Å²) in [7, 11) is 1.52. The fourth-order valence-corrected chi connectivity index (χ4v) is 2.47. The zero-order chi connectivity index (χ0) is 18.4. The maximum atomic E-state index is 12.0. The minimum absolute atomic E-state index is 0.112. The smallest absolute Gasteiger partial charge is 0.231 e. The van der Waals surface area contributed by atoms with Gasteiger partial charge in [0, 0.05) is 24.2 Å². The molecular weight excluding hydrogens is 336 g/mol. The van der Waals surface area contributed by atoms with Crippen molar-refractivity contribution >= 4 is 11.6 Å². The van der Waals surface area contributed by atoms with E-state index in [0.717, 1.165) is 0 Å². The number of carbonyl (C=O) groups is 1. The minimum atomic E-state index is -0.112. The Kier molecular flexibility index (Phi) is 5.44. The molecule has 0 unspecified atom stereocenters. The zero-order valence-corrected chi connectivity index (χ0v) is 14.3. The molecule has 0 saturated heterocycles. The number of carbonyl (C=O) groups excluding carboxylic acids is 1. The van der Waals surface area contributed by atoms with Gasteiger partial charge in [-0.2, -0.15) is 5.26 Å². The molecule has 0 aliphatic carbocycles. The van der Waals surface area contributed by atoms with Crippen LogP contribution in [0.2, 0.25) is 0 Å². The van der Waals surface area contributed by atoms with E-state index >= 15 is 0 Å². The Hall–Kier alpha value is -3.40. The number of rotatable bonds is 7. The molecule has 0 bridgehead atoms. The molecule has 0 fully saturated rings. The molecule has 0 saturated carbocycles. The van der Waals surface area contributed by atoms with Gasteiger partial charge in [-0.05, 0) is 30.7 Å². The first-order chi connectivity index (χ1) is 12.7. The van der Waals surface area contributed by atoms with Crippen molar-refractivity contribution in [2.45, 2.75) is 12.8 Å². The van der Waals surface area contributed by atoms with Crippen LogP contribution in [0.1, 0.15) is 18.4 Å². The summed E-state index contributed by atoms with van der Waals surface area (Å²) in [5.74, 6) is 2.22. The number of nitrogens with one attached hydrogen (secondary N) is 1. The van der Waals surface area contributed by atoms with E-state index in [0.29, 0.717) is 53.7 Å². The van der Waals surface area contributed by atoms with Crippen LogP contribution in [-0.4, -0.2) is 26.4 Å². The molecule has 2 aromatic carbocycles. The molecule has 7 heteroatoms. The lowest BCUT2D eigenvalue weighted by Crippen LogP contribution is -2.12. The Bertz CT molecular complexity index is 844. The van der Waals surface area contributed by atoms with E-state index in [1.165, 1.54) is 7.11 Å². The van der Waals surface area contributed by atoms with Crippen molar-refractivity contribution in [2.75, 3.05) is 25.8 Å². The summed E-state index contributed by atoms with van der Waals surface area (Å²) in [5, 5.41) is 11.7. The number of benzene rings is 2. The minimum Gasteiger partial charge on any atom is -0.493 e. The topological polar surface area (TPSA) is 89.8 Å². The van der Waals surface area contributed by atoms with Gasteiger partial charge in [0.25, 0.3) is 0 Å². The fraction of sp³-hybridized carbons (Fsp3) is 0.263. The van der Waals surface area contributed by atoms with Crippen LogP contribution in [0.4, 0.5) is 5.69 Å². The molecule has 2 aromatic rings. The van der Waals surface area contributed by atoms with Gasteiger partial charge in [0.15, 0.2) is 23.0 Å². The van der Waals surface area contributed by atoms with E-state index < -0.39 is 0 Å². The van der Waals surface area contributed by atoms with Gasteiger partial charge in [0.1, 0.15) is 0 Å². The fourth-order valence-electron chi connectivity index (χ4n) is 2.47. The average Bonchev–Trinajstić information content (AvgIpc) is 3.13. The lowest BCUT2D eigenvalue weighted by molar-refractivity contribution is -0.116. The summed E-state index contributed by atoms with van der Waals surface area (Å²) < 4.78 is 21.4. The molecule has 1 N–H and O–H groups in total. The van der Waals surface area contributed by atoms with Crippen molar-refractivity contribution in [3.05, 3.63) is 42.0 Å². The zero-order valence-electron chi connectivity index (χ0n) is 14.3. The Morgan fingerprint density at radius 3 is 2.85 bits per heavy atom. The van der Waals surface area contributed by atoms with E-state index in [4.69, 9.17) is 24.2 Å². The number of hydrogen-bond acceptors (Lipinski definition) is 6. The van der Waals surface area contributed by atoms with Gasteiger partial charge in [-0.25, -0.2) is 0 Å². The highest BCUT2D eigenvalue weighted by Crippen LogP contribution is 2.34. The molecule has 1 heterocycles. The molecule has 0 radical (unpaired) electrons. The second kappa shape index (κ2) is 8.12. The predicted molar refractivity (Wildman–Crippen MR) is 93.6 cm³/mol. The van der Waals surface area contributed by atoms with Gasteiger partial charge < -0.3 is 24.3 Å². The first-order valence-electron chi connectivity index (χ1n) is 8.10. The number of nitrogens with zero attached hydrogens (tertiary/aromatic N) is 1. The summed E-state index contributed by atoms with van der Waals surface area (Å²) in [6.45, 7) is 0.555. The number of methoxy groups -OCH3 is 1. The number of amides is 1. The second-order valence-corrected chi connectivity index (χ2v) is 5.55. The van der Waals surface area contributed by atoms with Crippen LogP contribution in [0.15, 0.2) is 36.4 Å². The van der Waals surface area contributed by atoms with Gasteiger partial charge in [-0.3, -0.25) is 4.79 Å². The SMILES string of the molecule is COc1cc(C#N)ccc1OCCCC(=O)Nc1ccc2c(c1)OCO2. The summed E-state index contributed by atoms with van der Waals surface area (Å²) in [5.41, 5.74) is 1.16. The Morgan fingerprint density at radius 1 is 1.19 bits per heavy atom. The van der Waals surface area contributed by atoms with Gasteiger partial charge in [0.2, 0.25) is 12.7 Å². The second-order valence-electron chi connectivity index (χ2n) is 5.55. The summed E-state index contributed by atoms with van der Waals surface area (Å²) in [6, 6.07) is 12.3. The highest BCUT2D eigenvalue weighted by molar-refractivity contribution is 5.91. The van der Waals surface area contributed by atoms with Crippen molar-refractivity contribution < 1.29 is 23.7 Å². The van der Waals surface area contributed by atoms with Crippen LogP contribution in [0, 0.1) is 11.3 Å². The molecule has 134 valence electrons. The molecule has 0 atom stereocenters. The van der Waals surface area contributed by atoms with Crippen LogP contribution < -0.4 is 24.3 Å². The highest BCUT2D eigenvalue weighted by atomic mass is 16.7. The normalized spacial score (nSPS) is 11.5. The van der Waals surface area contributed by atoms with Crippen molar-refractivity contribution in [1.82, 2.24) is 0 Å². The first kappa shape index (κ1) is 17.4. The van der Waals surface area contributed by atoms with Crippen LogP contribution in [-0.2, 0) is 4.79 Å². The summed E-state index contributed by atoms with van der Waals surface area (Å²) >= 11 is 0. The molecule has 7 nitrogen and oxygen atoms in total. The lowest BCUT2D eigenvalue weighted by Gasteiger charge is -2.11. The highest BCUT2D eigenvalue weighted by Gasteiger charge is 2.14. The third kappa shape index (κ3) is 4.16. The van der Waals surface area contributed by atoms with E-state index in [-0.39, 0.29) is 12.7 Å². The third-order valence-electron chi connectivity index (χ3n) is 3.75. The summed E-state index contributed by atoms with van der Waals surface area (Å²) in [4.78, 5) is 12.0. The van der Waals surface area contributed by atoms with Crippen molar-refractivity contribution in [2.24, 2.45) is 0 Å². The number of hydrogen-bond donors (Lipinski definition) is 1. The van der Waals surface area contributed by atoms with Gasteiger partial charge in [-0.15, -0.1) is 0 Å². The van der Waals surface area contributed by atoms with Crippen molar-refractivity contribution in [1.29, 1.82) is 5.26 Å². The standard InChI is InChI=1S/C19H18N2O5/c1-23-17-9-13(11-20)4-6-15(17)24-8-2-3-19(22)21-14-5-7-16-18(10-14)26-12-25-16/h4-7,9-10H,2-3,8,12H2,1H3,(H,21,22). The van der Waals surface area contributed by atoms with E-state index in [1.54, 1.807) is 36.4 Å². The van der Waals surface area contributed by atoms with Crippen LogP contribution >= 0.6 is 0 Å². The average molecular weight is 354 g/mol. The maximum Gasteiger partial charge on any atom is 0.231 e. The molecule has 3 rings (SSSR count). The molecule has 0 spiro atoms.